The van der Waals surface area contributed by atoms with E-state index >= 15 is 0 Å². The lowest BCUT2D eigenvalue weighted by Gasteiger charge is -2.16. The van der Waals surface area contributed by atoms with Gasteiger partial charge < -0.3 is 14.6 Å². The predicted molar refractivity (Wildman–Crippen MR) is 164 cm³/mol. The Bertz CT molecular complexity index is 454. The zero-order chi connectivity index (χ0) is 27.8. The van der Waals surface area contributed by atoms with Crippen molar-refractivity contribution in [2.75, 3.05) is 19.8 Å². The summed E-state index contributed by atoms with van der Waals surface area (Å²) < 4.78 is 11.1. The van der Waals surface area contributed by atoms with Crippen LogP contribution >= 0.6 is 0 Å². The first-order chi connectivity index (χ1) is 18.7. The van der Waals surface area contributed by atoms with Crippen molar-refractivity contribution in [3.63, 3.8) is 0 Å². The minimum Gasteiger partial charge on any atom is -0.457 e. The van der Waals surface area contributed by atoms with E-state index in [-0.39, 0.29) is 12.6 Å². The van der Waals surface area contributed by atoms with Gasteiger partial charge in [0.25, 0.3) is 0 Å². The van der Waals surface area contributed by atoms with Crippen LogP contribution in [-0.2, 0) is 14.3 Å². The molecule has 0 fully saturated rings. The van der Waals surface area contributed by atoms with E-state index in [1.807, 2.05) is 0 Å². The van der Waals surface area contributed by atoms with Crippen LogP contribution in [0.5, 0.6) is 0 Å². The Morgan fingerprint density at radius 2 is 0.868 bits per heavy atom. The lowest BCUT2D eigenvalue weighted by atomic mass is 10.0. The summed E-state index contributed by atoms with van der Waals surface area (Å²) in [5, 5.41) is 9.52. The number of ether oxygens (including phenoxy) is 2. The molecule has 0 radical (unpaired) electrons. The average molecular weight is 541 g/mol. The maximum Gasteiger partial charge on any atom is 0.306 e. The standard InChI is InChI=1S/C34H68O4/c1-3-5-7-9-11-13-15-17-19-21-23-25-27-29-34(36)38-33(31-35)32-37-30-28-26-24-22-20-18-16-14-12-10-8-6-4-2/h33,35H,3-32H2,1-2H3. The summed E-state index contributed by atoms with van der Waals surface area (Å²) in [6.45, 7) is 5.37. The zero-order valence-electron chi connectivity index (χ0n) is 26.0. The van der Waals surface area contributed by atoms with Crippen LogP contribution in [0.2, 0.25) is 0 Å². The molecule has 4 heteroatoms. The van der Waals surface area contributed by atoms with Gasteiger partial charge >= 0.3 is 5.97 Å². The third-order valence-corrected chi connectivity index (χ3v) is 7.68. The summed E-state index contributed by atoms with van der Waals surface area (Å²) in [5.41, 5.74) is 0. The SMILES string of the molecule is CCCCCCCCCCCCCCCOCC(CO)OC(=O)CCCCCCCCCCCCCCC. The molecule has 1 unspecified atom stereocenters. The number of rotatable bonds is 32. The lowest BCUT2D eigenvalue weighted by Crippen LogP contribution is -2.27. The molecule has 0 aromatic carbocycles. The van der Waals surface area contributed by atoms with Gasteiger partial charge in [-0.2, -0.15) is 0 Å². The van der Waals surface area contributed by atoms with Crippen molar-refractivity contribution in [1.29, 1.82) is 0 Å². The zero-order valence-corrected chi connectivity index (χ0v) is 26.0. The fourth-order valence-corrected chi connectivity index (χ4v) is 5.09. The molecule has 0 bridgehead atoms. The van der Waals surface area contributed by atoms with Gasteiger partial charge in [0.1, 0.15) is 6.10 Å². The van der Waals surface area contributed by atoms with Crippen molar-refractivity contribution in [3.8, 4) is 0 Å². The molecule has 0 spiro atoms. The molecule has 0 saturated heterocycles. The van der Waals surface area contributed by atoms with Crippen LogP contribution < -0.4 is 0 Å². The maximum absolute atomic E-state index is 12.1. The smallest absolute Gasteiger partial charge is 0.306 e. The Kier molecular flexibility index (Phi) is 32.1. The molecule has 0 aliphatic carbocycles. The van der Waals surface area contributed by atoms with E-state index in [0.29, 0.717) is 19.6 Å². The summed E-state index contributed by atoms with van der Waals surface area (Å²) in [5.74, 6) is -0.198. The molecule has 0 aliphatic heterocycles. The van der Waals surface area contributed by atoms with Gasteiger partial charge in [0.05, 0.1) is 13.2 Å². The maximum atomic E-state index is 12.1. The van der Waals surface area contributed by atoms with Gasteiger partial charge in [-0.05, 0) is 12.8 Å². The van der Waals surface area contributed by atoms with Crippen LogP contribution in [0.15, 0.2) is 0 Å². The molecule has 0 amide bonds. The molecule has 38 heavy (non-hydrogen) atoms. The summed E-state index contributed by atoms with van der Waals surface area (Å²) in [4.78, 5) is 12.1. The summed E-state index contributed by atoms with van der Waals surface area (Å²) in [6, 6.07) is 0. The van der Waals surface area contributed by atoms with Crippen molar-refractivity contribution in [2.24, 2.45) is 0 Å². The van der Waals surface area contributed by atoms with E-state index < -0.39 is 6.10 Å². The van der Waals surface area contributed by atoms with Crippen molar-refractivity contribution in [2.45, 2.75) is 193 Å². The van der Waals surface area contributed by atoms with Gasteiger partial charge in [0, 0.05) is 13.0 Å². The fourth-order valence-electron chi connectivity index (χ4n) is 5.09. The van der Waals surface area contributed by atoms with Crippen molar-refractivity contribution < 1.29 is 19.4 Å². The first kappa shape index (κ1) is 37.4. The van der Waals surface area contributed by atoms with E-state index in [1.54, 1.807) is 0 Å². The average Bonchev–Trinajstić information content (AvgIpc) is 2.92. The molecule has 0 heterocycles. The highest BCUT2D eigenvalue weighted by molar-refractivity contribution is 5.69. The third-order valence-electron chi connectivity index (χ3n) is 7.68. The Hall–Kier alpha value is -0.610. The van der Waals surface area contributed by atoms with Gasteiger partial charge in [-0.25, -0.2) is 0 Å². The molecule has 0 rings (SSSR count). The van der Waals surface area contributed by atoms with Crippen LogP contribution in [-0.4, -0.2) is 37.0 Å². The molecule has 0 aromatic heterocycles. The second-order valence-electron chi connectivity index (χ2n) is 11.6. The van der Waals surface area contributed by atoms with Crippen molar-refractivity contribution in [1.82, 2.24) is 0 Å². The Morgan fingerprint density at radius 1 is 0.526 bits per heavy atom. The highest BCUT2D eigenvalue weighted by Crippen LogP contribution is 2.14. The molecule has 1 N–H and O–H groups in total. The van der Waals surface area contributed by atoms with Crippen LogP contribution in [0.25, 0.3) is 0 Å². The highest BCUT2D eigenvalue weighted by Gasteiger charge is 2.13. The topological polar surface area (TPSA) is 55.8 Å². The second-order valence-corrected chi connectivity index (χ2v) is 11.6. The number of aliphatic hydroxyl groups is 1. The van der Waals surface area contributed by atoms with Crippen molar-refractivity contribution in [3.05, 3.63) is 0 Å². The van der Waals surface area contributed by atoms with Crippen molar-refractivity contribution >= 4 is 5.97 Å². The molecule has 0 saturated carbocycles. The van der Waals surface area contributed by atoms with Crippen LogP contribution in [0, 0.1) is 0 Å². The third kappa shape index (κ3) is 29.9. The van der Waals surface area contributed by atoms with E-state index in [4.69, 9.17) is 9.47 Å². The van der Waals surface area contributed by atoms with E-state index in [0.717, 1.165) is 19.3 Å². The van der Waals surface area contributed by atoms with Gasteiger partial charge in [-0.3, -0.25) is 4.79 Å². The number of aliphatic hydroxyl groups excluding tert-OH is 1. The van der Waals surface area contributed by atoms with Gasteiger partial charge in [-0.15, -0.1) is 0 Å². The molecule has 4 nitrogen and oxygen atoms in total. The quantitative estimate of drug-likeness (QED) is 0.0681. The van der Waals surface area contributed by atoms with Gasteiger partial charge in [0.15, 0.2) is 0 Å². The Balaban J connectivity index is 3.39. The highest BCUT2D eigenvalue weighted by atomic mass is 16.6. The Labute approximate surface area is 238 Å². The number of carbonyl (C=O) groups is 1. The number of esters is 1. The minimum absolute atomic E-state index is 0.164. The second kappa shape index (κ2) is 32.6. The Morgan fingerprint density at radius 3 is 1.24 bits per heavy atom. The number of hydrogen-bond donors (Lipinski definition) is 1. The predicted octanol–water partition coefficient (Wildman–Crippen LogP) is 10.5. The van der Waals surface area contributed by atoms with Crippen LogP contribution in [0.1, 0.15) is 187 Å². The van der Waals surface area contributed by atoms with E-state index in [2.05, 4.69) is 13.8 Å². The van der Waals surface area contributed by atoms with Gasteiger partial charge in [0.2, 0.25) is 0 Å². The summed E-state index contributed by atoms with van der Waals surface area (Å²) in [7, 11) is 0. The summed E-state index contributed by atoms with van der Waals surface area (Å²) in [6.07, 6.45) is 34.1. The largest absolute Gasteiger partial charge is 0.457 e. The normalized spacial score (nSPS) is 12.2. The van der Waals surface area contributed by atoms with Crippen LogP contribution in [0.3, 0.4) is 0 Å². The number of carbonyl (C=O) groups excluding carboxylic acids is 1. The lowest BCUT2D eigenvalue weighted by molar-refractivity contribution is -0.154. The minimum atomic E-state index is -0.522. The fraction of sp³-hybridized carbons (Fsp3) is 0.971. The summed E-state index contributed by atoms with van der Waals surface area (Å²) >= 11 is 0. The molecular formula is C34H68O4. The molecule has 228 valence electrons. The molecule has 0 aromatic rings. The molecule has 0 aliphatic rings. The number of hydrogen-bond acceptors (Lipinski definition) is 4. The molecular weight excluding hydrogens is 472 g/mol. The van der Waals surface area contributed by atoms with E-state index in [9.17, 15) is 9.90 Å². The number of unbranched alkanes of at least 4 members (excludes halogenated alkanes) is 24. The molecule has 1 atom stereocenters. The first-order valence-corrected chi connectivity index (χ1v) is 17.1. The monoisotopic (exact) mass is 541 g/mol. The first-order valence-electron chi connectivity index (χ1n) is 17.1. The van der Waals surface area contributed by atoms with Crippen LogP contribution in [0.4, 0.5) is 0 Å². The van der Waals surface area contributed by atoms with E-state index in [1.165, 1.54) is 148 Å². The van der Waals surface area contributed by atoms with Gasteiger partial charge in [-0.1, -0.05) is 168 Å².